The normalized spacial score (nSPS) is 11.8. The summed E-state index contributed by atoms with van der Waals surface area (Å²) < 4.78 is 2.11. The first-order valence-electron chi connectivity index (χ1n) is 16.2. The molecule has 2 aromatic rings. The fraction of sp³-hybridized carbons (Fsp3) is 0.553. The average Bonchev–Trinajstić information content (AvgIpc) is 2.96. The van der Waals surface area contributed by atoms with Crippen molar-refractivity contribution in [2.24, 2.45) is 0 Å². The van der Waals surface area contributed by atoms with E-state index in [1.807, 2.05) is 12.1 Å². The molecule has 0 bridgehead atoms. The average molecular weight is 728 g/mol. The molecule has 0 unspecified atom stereocenters. The SMILES string of the molecule is CCCCCCCCCCC#Cc1cc2c(cc1C#CCCCCCCCCCC)C(=O)c1cc(I)c(Br)cc1C2. The molecule has 220 valence electrons. The number of rotatable bonds is 16. The monoisotopic (exact) mass is 726 g/mol. The molecule has 0 spiro atoms. The maximum atomic E-state index is 13.5. The minimum Gasteiger partial charge on any atom is -0.289 e. The number of hydrogen-bond acceptors (Lipinski definition) is 1. The predicted octanol–water partition coefficient (Wildman–Crippen LogP) is 12.0. The topological polar surface area (TPSA) is 17.1 Å². The van der Waals surface area contributed by atoms with Crippen molar-refractivity contribution < 1.29 is 4.79 Å². The van der Waals surface area contributed by atoms with Gasteiger partial charge in [-0.25, -0.2) is 0 Å². The number of halogens is 2. The maximum absolute atomic E-state index is 13.5. The third-order valence-electron chi connectivity index (χ3n) is 8.02. The first-order valence-corrected chi connectivity index (χ1v) is 18.1. The zero-order valence-electron chi connectivity index (χ0n) is 25.4. The highest BCUT2D eigenvalue weighted by molar-refractivity contribution is 14.1. The molecular weight excluding hydrogens is 679 g/mol. The van der Waals surface area contributed by atoms with Crippen LogP contribution in [0.5, 0.6) is 0 Å². The van der Waals surface area contributed by atoms with Gasteiger partial charge in [0.25, 0.3) is 0 Å². The summed E-state index contributed by atoms with van der Waals surface area (Å²) >= 11 is 5.93. The van der Waals surface area contributed by atoms with E-state index in [4.69, 9.17) is 0 Å². The Hall–Kier alpha value is -1.56. The minimum absolute atomic E-state index is 0.108. The first kappa shape index (κ1) is 33.9. The Morgan fingerprint density at radius 2 is 1.07 bits per heavy atom. The Morgan fingerprint density at radius 1 is 0.634 bits per heavy atom. The molecule has 0 atom stereocenters. The molecule has 3 heteroatoms. The molecule has 3 rings (SSSR count). The van der Waals surface area contributed by atoms with Gasteiger partial charge in [0.2, 0.25) is 0 Å². The zero-order valence-corrected chi connectivity index (χ0v) is 29.2. The van der Waals surface area contributed by atoms with Crippen LogP contribution in [0.15, 0.2) is 28.7 Å². The van der Waals surface area contributed by atoms with E-state index in [2.05, 4.69) is 88.2 Å². The smallest absolute Gasteiger partial charge is 0.193 e. The van der Waals surface area contributed by atoms with Crippen LogP contribution in [0.1, 0.15) is 168 Å². The summed E-state index contributed by atoms with van der Waals surface area (Å²) in [5.74, 6) is 13.8. The van der Waals surface area contributed by atoms with E-state index in [-0.39, 0.29) is 5.78 Å². The fourth-order valence-corrected chi connectivity index (χ4v) is 6.37. The van der Waals surface area contributed by atoms with Gasteiger partial charge in [0, 0.05) is 43.1 Å². The van der Waals surface area contributed by atoms with E-state index in [9.17, 15) is 4.79 Å². The van der Waals surface area contributed by atoms with Crippen molar-refractivity contribution in [2.45, 2.75) is 136 Å². The molecule has 0 aromatic heterocycles. The molecule has 2 aromatic carbocycles. The molecule has 0 saturated heterocycles. The minimum atomic E-state index is 0.108. The van der Waals surface area contributed by atoms with Crippen molar-refractivity contribution in [3.63, 3.8) is 0 Å². The lowest BCUT2D eigenvalue weighted by atomic mass is 9.83. The lowest BCUT2D eigenvalue weighted by Crippen LogP contribution is -2.16. The van der Waals surface area contributed by atoms with E-state index in [1.54, 1.807) is 0 Å². The van der Waals surface area contributed by atoms with Crippen molar-refractivity contribution in [1.82, 2.24) is 0 Å². The van der Waals surface area contributed by atoms with E-state index in [0.29, 0.717) is 0 Å². The molecule has 0 aliphatic heterocycles. The Bertz CT molecular complexity index is 1250. The molecule has 0 fully saturated rings. The molecule has 41 heavy (non-hydrogen) atoms. The van der Waals surface area contributed by atoms with E-state index in [0.717, 1.165) is 73.5 Å². The number of unbranched alkanes of at least 4 members (excludes halogenated alkanes) is 16. The lowest BCUT2D eigenvalue weighted by molar-refractivity contribution is 0.103. The van der Waals surface area contributed by atoms with Crippen molar-refractivity contribution in [2.75, 3.05) is 0 Å². The number of fused-ring (bicyclic) bond motifs is 2. The summed E-state index contributed by atoms with van der Waals surface area (Å²) in [6.07, 6.45) is 23.5. The second-order valence-corrected chi connectivity index (χ2v) is 13.6. The van der Waals surface area contributed by atoms with Crippen LogP contribution in [0.2, 0.25) is 0 Å². The predicted molar refractivity (Wildman–Crippen MR) is 188 cm³/mol. The Labute approximate surface area is 272 Å². The van der Waals surface area contributed by atoms with Crippen molar-refractivity contribution in [3.05, 3.63) is 65.7 Å². The largest absolute Gasteiger partial charge is 0.289 e. The zero-order chi connectivity index (χ0) is 29.3. The molecule has 1 aliphatic carbocycles. The van der Waals surface area contributed by atoms with Crippen LogP contribution in [-0.2, 0) is 6.42 Å². The molecule has 0 N–H and O–H groups in total. The summed E-state index contributed by atoms with van der Waals surface area (Å²) in [7, 11) is 0. The van der Waals surface area contributed by atoms with E-state index < -0.39 is 0 Å². The van der Waals surface area contributed by atoms with E-state index >= 15 is 0 Å². The van der Waals surface area contributed by atoms with Crippen molar-refractivity contribution in [1.29, 1.82) is 0 Å². The van der Waals surface area contributed by atoms with Crippen LogP contribution in [0.3, 0.4) is 0 Å². The Morgan fingerprint density at radius 3 is 1.61 bits per heavy atom. The van der Waals surface area contributed by atoms with Crippen molar-refractivity contribution >= 4 is 44.3 Å². The molecular formula is C38H48BrIO. The Balaban J connectivity index is 1.66. The molecule has 0 amide bonds. The number of hydrogen-bond donors (Lipinski definition) is 0. The van der Waals surface area contributed by atoms with Gasteiger partial charge in [-0.15, -0.1) is 0 Å². The van der Waals surface area contributed by atoms with Gasteiger partial charge in [0.15, 0.2) is 5.78 Å². The van der Waals surface area contributed by atoms with E-state index in [1.165, 1.54) is 89.9 Å². The van der Waals surface area contributed by atoms with Gasteiger partial charge in [0.05, 0.1) is 0 Å². The van der Waals surface area contributed by atoms with Crippen LogP contribution < -0.4 is 0 Å². The van der Waals surface area contributed by atoms with Gasteiger partial charge in [-0.05, 0) is 93.2 Å². The summed E-state index contributed by atoms with van der Waals surface area (Å²) in [5.41, 5.74) is 5.65. The van der Waals surface area contributed by atoms with Gasteiger partial charge in [0.1, 0.15) is 0 Å². The maximum Gasteiger partial charge on any atom is 0.193 e. The van der Waals surface area contributed by atoms with Crippen LogP contribution in [0.25, 0.3) is 0 Å². The van der Waals surface area contributed by atoms with Crippen LogP contribution >= 0.6 is 38.5 Å². The van der Waals surface area contributed by atoms with Crippen LogP contribution in [0.4, 0.5) is 0 Å². The second-order valence-electron chi connectivity index (χ2n) is 11.5. The number of ketones is 1. The molecule has 0 saturated carbocycles. The summed E-state index contributed by atoms with van der Waals surface area (Å²) in [6, 6.07) is 8.28. The van der Waals surface area contributed by atoms with Gasteiger partial charge < -0.3 is 0 Å². The quantitative estimate of drug-likeness (QED) is 0.0816. The van der Waals surface area contributed by atoms with Gasteiger partial charge in [-0.1, -0.05) is 127 Å². The highest BCUT2D eigenvalue weighted by atomic mass is 127. The van der Waals surface area contributed by atoms with Gasteiger partial charge >= 0.3 is 0 Å². The lowest BCUT2D eigenvalue weighted by Gasteiger charge is -2.20. The van der Waals surface area contributed by atoms with Crippen LogP contribution in [0, 0.1) is 27.3 Å². The standard InChI is InChI=1S/C38H48BrIO/c1-3-5-7-9-11-13-15-17-19-21-23-30-25-32-26-33-28-36(39)37(40)29-35(33)38(41)34(32)27-31(30)24-22-20-18-16-14-12-10-8-6-4-2/h25,27-29H,3-20,26H2,1-2H3. The first-order chi connectivity index (χ1) is 20.0. The number of benzene rings is 2. The van der Waals surface area contributed by atoms with Crippen LogP contribution in [-0.4, -0.2) is 5.78 Å². The third-order valence-corrected chi connectivity index (χ3v) is 10.3. The Kier molecular flexibility index (Phi) is 16.2. The fourth-order valence-electron chi connectivity index (χ4n) is 5.51. The molecule has 1 aliphatic rings. The molecule has 0 radical (unpaired) electrons. The highest BCUT2D eigenvalue weighted by Gasteiger charge is 2.25. The highest BCUT2D eigenvalue weighted by Crippen LogP contribution is 2.33. The summed E-state index contributed by atoms with van der Waals surface area (Å²) in [4.78, 5) is 13.5. The number of carbonyl (C=O) groups is 1. The van der Waals surface area contributed by atoms with Gasteiger partial charge in [-0.3, -0.25) is 4.79 Å². The molecule has 0 heterocycles. The second kappa shape index (κ2) is 19.6. The third kappa shape index (κ3) is 11.6. The molecule has 1 nitrogen and oxygen atoms in total. The van der Waals surface area contributed by atoms with Crippen molar-refractivity contribution in [3.8, 4) is 23.7 Å². The number of carbonyl (C=O) groups excluding carboxylic acids is 1. The summed E-state index contributed by atoms with van der Waals surface area (Å²) in [6.45, 7) is 4.54. The summed E-state index contributed by atoms with van der Waals surface area (Å²) in [5, 5.41) is 0. The van der Waals surface area contributed by atoms with Gasteiger partial charge in [-0.2, -0.15) is 0 Å².